The number of carbonyl (C=O) groups is 1. The highest BCUT2D eigenvalue weighted by atomic mass is 16.1. The van der Waals surface area contributed by atoms with Crippen LogP contribution >= 0.6 is 0 Å². The molecule has 0 aliphatic carbocycles. The van der Waals surface area contributed by atoms with Crippen molar-refractivity contribution < 1.29 is 4.79 Å². The maximum absolute atomic E-state index is 12.6. The molecule has 0 fully saturated rings. The van der Waals surface area contributed by atoms with Gasteiger partial charge in [-0.1, -0.05) is 50.2 Å². The molecule has 0 atom stereocenters. The van der Waals surface area contributed by atoms with Gasteiger partial charge in [-0.15, -0.1) is 0 Å². The number of rotatable bonds is 5. The number of amides is 1. The minimum atomic E-state index is -0.121. The van der Waals surface area contributed by atoms with Gasteiger partial charge in [0.25, 0.3) is 5.91 Å². The molecule has 0 spiro atoms. The lowest BCUT2D eigenvalue weighted by atomic mass is 10.1. The Morgan fingerprint density at radius 1 is 1.12 bits per heavy atom. The molecule has 2 heterocycles. The average molecular weight is 320 g/mol. The van der Waals surface area contributed by atoms with E-state index in [1.807, 2.05) is 62.4 Å². The molecule has 2 aromatic heterocycles. The molecular formula is C19H20N4O. The van der Waals surface area contributed by atoms with Crippen molar-refractivity contribution in [3.63, 3.8) is 0 Å². The molecule has 0 radical (unpaired) electrons. The van der Waals surface area contributed by atoms with Crippen molar-refractivity contribution in [2.24, 2.45) is 0 Å². The molecule has 1 N–H and O–H groups in total. The second kappa shape index (κ2) is 7.08. The summed E-state index contributed by atoms with van der Waals surface area (Å²) in [5.74, 6) is 0.736. The van der Waals surface area contributed by atoms with Crippen molar-refractivity contribution in [2.75, 3.05) is 0 Å². The second-order valence-electron chi connectivity index (χ2n) is 5.87. The van der Waals surface area contributed by atoms with Crippen LogP contribution in [-0.4, -0.2) is 20.7 Å². The zero-order valence-electron chi connectivity index (χ0n) is 13.8. The van der Waals surface area contributed by atoms with Gasteiger partial charge in [0.2, 0.25) is 0 Å². The minimum Gasteiger partial charge on any atom is -0.348 e. The SMILES string of the molecule is CC(C)c1c(C(=O)NCc2ccccc2)cnn1-c1ccccn1. The maximum atomic E-state index is 12.6. The molecule has 3 aromatic rings. The summed E-state index contributed by atoms with van der Waals surface area (Å²) >= 11 is 0. The zero-order chi connectivity index (χ0) is 16.9. The van der Waals surface area contributed by atoms with Crippen molar-refractivity contribution in [3.05, 3.63) is 77.7 Å². The third kappa shape index (κ3) is 3.35. The van der Waals surface area contributed by atoms with E-state index < -0.39 is 0 Å². The molecule has 0 saturated heterocycles. The number of nitrogens with one attached hydrogen (secondary N) is 1. The Morgan fingerprint density at radius 3 is 2.54 bits per heavy atom. The van der Waals surface area contributed by atoms with E-state index >= 15 is 0 Å². The van der Waals surface area contributed by atoms with Gasteiger partial charge >= 0.3 is 0 Å². The van der Waals surface area contributed by atoms with Crippen molar-refractivity contribution >= 4 is 5.91 Å². The summed E-state index contributed by atoms with van der Waals surface area (Å²) in [5.41, 5.74) is 2.51. The molecule has 0 unspecified atom stereocenters. The molecule has 24 heavy (non-hydrogen) atoms. The summed E-state index contributed by atoms with van der Waals surface area (Å²) in [6.45, 7) is 4.58. The van der Waals surface area contributed by atoms with Gasteiger partial charge in [0.05, 0.1) is 17.5 Å². The lowest BCUT2D eigenvalue weighted by Gasteiger charge is -2.12. The Labute approximate surface area is 141 Å². The average Bonchev–Trinajstić information content (AvgIpc) is 3.07. The van der Waals surface area contributed by atoms with Crippen LogP contribution in [0.3, 0.4) is 0 Å². The molecule has 0 aliphatic heterocycles. The highest BCUT2D eigenvalue weighted by Crippen LogP contribution is 2.22. The molecule has 3 rings (SSSR count). The summed E-state index contributed by atoms with van der Waals surface area (Å²) in [4.78, 5) is 16.9. The monoisotopic (exact) mass is 320 g/mol. The van der Waals surface area contributed by atoms with E-state index in [2.05, 4.69) is 15.4 Å². The topological polar surface area (TPSA) is 59.8 Å². The van der Waals surface area contributed by atoms with E-state index in [0.717, 1.165) is 11.3 Å². The summed E-state index contributed by atoms with van der Waals surface area (Å²) in [7, 11) is 0. The van der Waals surface area contributed by atoms with E-state index in [-0.39, 0.29) is 11.8 Å². The molecular weight excluding hydrogens is 300 g/mol. The lowest BCUT2D eigenvalue weighted by molar-refractivity contribution is 0.0949. The Hall–Kier alpha value is -2.95. The third-order valence-corrected chi connectivity index (χ3v) is 3.76. The lowest BCUT2D eigenvalue weighted by Crippen LogP contribution is -2.24. The van der Waals surface area contributed by atoms with Crippen LogP contribution in [0.25, 0.3) is 5.82 Å². The first-order valence-corrected chi connectivity index (χ1v) is 7.98. The molecule has 122 valence electrons. The van der Waals surface area contributed by atoms with Gasteiger partial charge in [-0.3, -0.25) is 4.79 Å². The first kappa shape index (κ1) is 15.9. The van der Waals surface area contributed by atoms with Gasteiger partial charge in [-0.2, -0.15) is 5.10 Å². The van der Waals surface area contributed by atoms with Crippen LogP contribution in [0.15, 0.2) is 60.9 Å². The van der Waals surface area contributed by atoms with Crippen LogP contribution in [-0.2, 0) is 6.54 Å². The van der Waals surface area contributed by atoms with E-state index in [4.69, 9.17) is 0 Å². The number of aromatic nitrogens is 3. The van der Waals surface area contributed by atoms with Gasteiger partial charge < -0.3 is 5.32 Å². The predicted octanol–water partition coefficient (Wildman–Crippen LogP) is 3.32. The maximum Gasteiger partial charge on any atom is 0.255 e. The van der Waals surface area contributed by atoms with Crippen LogP contribution in [0, 0.1) is 0 Å². The molecule has 1 aromatic carbocycles. The molecule has 0 bridgehead atoms. The van der Waals surface area contributed by atoms with E-state index in [9.17, 15) is 4.79 Å². The summed E-state index contributed by atoms with van der Waals surface area (Å²) in [6, 6.07) is 15.5. The standard InChI is InChI=1S/C19H20N4O/c1-14(2)18-16(13-22-23(18)17-10-6-7-11-20-17)19(24)21-12-15-8-4-3-5-9-15/h3-11,13-14H,12H2,1-2H3,(H,21,24). The van der Waals surface area contributed by atoms with Crippen LogP contribution in [0.4, 0.5) is 0 Å². The highest BCUT2D eigenvalue weighted by molar-refractivity contribution is 5.95. The Kier molecular flexibility index (Phi) is 4.70. The molecule has 0 aliphatic rings. The Bertz CT molecular complexity index is 810. The summed E-state index contributed by atoms with van der Waals surface area (Å²) < 4.78 is 1.74. The largest absolute Gasteiger partial charge is 0.348 e. The van der Waals surface area contributed by atoms with E-state index in [0.29, 0.717) is 17.9 Å². The highest BCUT2D eigenvalue weighted by Gasteiger charge is 2.21. The van der Waals surface area contributed by atoms with Crippen molar-refractivity contribution in [1.82, 2.24) is 20.1 Å². The summed E-state index contributed by atoms with van der Waals surface area (Å²) in [6.07, 6.45) is 3.33. The second-order valence-corrected chi connectivity index (χ2v) is 5.87. The van der Waals surface area contributed by atoms with Crippen LogP contribution in [0.2, 0.25) is 0 Å². The van der Waals surface area contributed by atoms with E-state index in [1.165, 1.54) is 0 Å². The number of nitrogens with zero attached hydrogens (tertiary/aromatic N) is 3. The van der Waals surface area contributed by atoms with Gasteiger partial charge in [0.1, 0.15) is 0 Å². The number of benzene rings is 1. The smallest absolute Gasteiger partial charge is 0.255 e. The zero-order valence-corrected chi connectivity index (χ0v) is 13.8. The van der Waals surface area contributed by atoms with Crippen molar-refractivity contribution in [1.29, 1.82) is 0 Å². The minimum absolute atomic E-state index is 0.121. The molecule has 0 saturated carbocycles. The first-order valence-electron chi connectivity index (χ1n) is 7.98. The van der Waals surface area contributed by atoms with Crippen LogP contribution in [0.5, 0.6) is 0 Å². The molecule has 5 heteroatoms. The Morgan fingerprint density at radius 2 is 1.88 bits per heavy atom. The van der Waals surface area contributed by atoms with Gasteiger partial charge in [-0.05, 0) is 23.6 Å². The fraction of sp³-hybridized carbons (Fsp3) is 0.211. The molecule has 1 amide bonds. The van der Waals surface area contributed by atoms with Crippen LogP contribution < -0.4 is 5.32 Å². The number of hydrogen-bond donors (Lipinski definition) is 1. The fourth-order valence-corrected chi connectivity index (χ4v) is 2.62. The number of hydrogen-bond acceptors (Lipinski definition) is 3. The number of pyridine rings is 1. The van der Waals surface area contributed by atoms with Crippen molar-refractivity contribution in [3.8, 4) is 5.82 Å². The first-order chi connectivity index (χ1) is 11.7. The van der Waals surface area contributed by atoms with Gasteiger partial charge in [-0.25, -0.2) is 9.67 Å². The summed E-state index contributed by atoms with van der Waals surface area (Å²) in [5, 5.41) is 7.34. The van der Waals surface area contributed by atoms with Crippen LogP contribution in [0.1, 0.15) is 41.4 Å². The molecule has 5 nitrogen and oxygen atoms in total. The number of carbonyl (C=O) groups excluding carboxylic acids is 1. The predicted molar refractivity (Wildman–Crippen MR) is 93.1 cm³/mol. The normalized spacial score (nSPS) is 10.8. The third-order valence-electron chi connectivity index (χ3n) is 3.76. The van der Waals surface area contributed by atoms with Gasteiger partial charge in [0.15, 0.2) is 5.82 Å². The van der Waals surface area contributed by atoms with Crippen molar-refractivity contribution in [2.45, 2.75) is 26.3 Å². The fourth-order valence-electron chi connectivity index (χ4n) is 2.62. The van der Waals surface area contributed by atoms with Gasteiger partial charge in [0, 0.05) is 12.7 Å². The quantitative estimate of drug-likeness (QED) is 0.784. The van der Waals surface area contributed by atoms with E-state index in [1.54, 1.807) is 17.1 Å². The Balaban J connectivity index is 1.85.